The Bertz CT molecular complexity index is 438. The van der Waals surface area contributed by atoms with Gasteiger partial charge in [0.15, 0.2) is 0 Å². The van der Waals surface area contributed by atoms with Crippen LogP contribution in [0.25, 0.3) is 0 Å². The predicted molar refractivity (Wildman–Crippen MR) is 89.8 cm³/mol. The van der Waals surface area contributed by atoms with E-state index in [-0.39, 0.29) is 0 Å². The summed E-state index contributed by atoms with van der Waals surface area (Å²) in [5, 5.41) is 8.29. The van der Waals surface area contributed by atoms with Gasteiger partial charge in [0.05, 0.1) is 11.9 Å². The number of hydrogen-bond donors (Lipinski definition) is 1. The van der Waals surface area contributed by atoms with Gasteiger partial charge in [0, 0.05) is 37.4 Å². The molecule has 3 unspecified atom stereocenters. The zero-order chi connectivity index (χ0) is 15.6. The van der Waals surface area contributed by atoms with Crippen LogP contribution in [0.2, 0.25) is 0 Å². The second-order valence-electron chi connectivity index (χ2n) is 7.14. The summed E-state index contributed by atoms with van der Waals surface area (Å²) in [5.41, 5.74) is 1.28. The lowest BCUT2D eigenvalue weighted by Gasteiger charge is -2.44. The van der Waals surface area contributed by atoms with Gasteiger partial charge in [0.1, 0.15) is 0 Å². The third-order valence-electron chi connectivity index (χ3n) is 4.93. The van der Waals surface area contributed by atoms with Crippen LogP contribution in [0.1, 0.15) is 54.0 Å². The van der Waals surface area contributed by atoms with Crippen molar-refractivity contribution in [2.45, 2.75) is 66.1 Å². The zero-order valence-corrected chi connectivity index (χ0v) is 14.5. The highest BCUT2D eigenvalue weighted by atomic mass is 15.3. The molecule has 1 fully saturated rings. The molecule has 2 rings (SSSR count). The molecular weight excluding hydrogens is 260 g/mol. The maximum atomic E-state index is 4.53. The van der Waals surface area contributed by atoms with Gasteiger partial charge in [-0.25, -0.2) is 0 Å². The molecule has 4 nitrogen and oxygen atoms in total. The van der Waals surface area contributed by atoms with Crippen molar-refractivity contribution in [3.05, 3.63) is 12.4 Å². The average Bonchev–Trinajstić information content (AvgIpc) is 2.95. The lowest BCUT2D eigenvalue weighted by molar-refractivity contribution is 0.281. The van der Waals surface area contributed by atoms with Gasteiger partial charge in [0.2, 0.25) is 0 Å². The quantitative estimate of drug-likeness (QED) is 0.904. The molecule has 1 N–H and O–H groups in total. The molecule has 1 aromatic rings. The fraction of sp³-hybridized carbons (Fsp3) is 0.824. The van der Waals surface area contributed by atoms with E-state index in [1.807, 2.05) is 6.20 Å². The first-order chi connectivity index (χ1) is 9.93. The summed E-state index contributed by atoms with van der Waals surface area (Å²) in [6, 6.07) is 1.55. The Kier molecular flexibility index (Phi) is 5.31. The fourth-order valence-electron chi connectivity index (χ4n) is 3.11. The molecule has 0 radical (unpaired) electrons. The van der Waals surface area contributed by atoms with Crippen LogP contribution in [0.4, 0.5) is 5.69 Å². The summed E-state index contributed by atoms with van der Waals surface area (Å²) >= 11 is 0. The van der Waals surface area contributed by atoms with Gasteiger partial charge in [-0.3, -0.25) is 4.68 Å². The molecule has 1 aromatic heterocycles. The maximum Gasteiger partial charge on any atom is 0.0756 e. The lowest BCUT2D eigenvalue weighted by Crippen LogP contribution is -2.60. The first kappa shape index (κ1) is 16.3. The summed E-state index contributed by atoms with van der Waals surface area (Å²) in [4.78, 5) is 2.57. The predicted octanol–water partition coefficient (Wildman–Crippen LogP) is 3.31. The van der Waals surface area contributed by atoms with E-state index in [0.29, 0.717) is 30.0 Å². The molecule has 120 valence electrons. The highest BCUT2D eigenvalue weighted by molar-refractivity contribution is 5.45. The van der Waals surface area contributed by atoms with Crippen LogP contribution in [-0.2, 0) is 0 Å². The second-order valence-corrected chi connectivity index (χ2v) is 7.14. The van der Waals surface area contributed by atoms with Crippen LogP contribution in [0.15, 0.2) is 12.4 Å². The SMILES string of the molecule is CCC(C)C1CN(c2cnn(C(C)C)c2)C(C(C)C)CN1. The van der Waals surface area contributed by atoms with Crippen molar-refractivity contribution in [1.29, 1.82) is 0 Å². The van der Waals surface area contributed by atoms with E-state index in [1.54, 1.807) is 0 Å². The average molecular weight is 292 g/mol. The van der Waals surface area contributed by atoms with Crippen molar-refractivity contribution in [2.24, 2.45) is 11.8 Å². The van der Waals surface area contributed by atoms with Gasteiger partial charge in [-0.05, 0) is 25.7 Å². The third kappa shape index (κ3) is 3.60. The Labute approximate surface area is 129 Å². The molecule has 0 saturated carbocycles. The van der Waals surface area contributed by atoms with E-state index in [9.17, 15) is 0 Å². The minimum Gasteiger partial charge on any atom is -0.363 e. The Morgan fingerprint density at radius 1 is 1.29 bits per heavy atom. The second kappa shape index (κ2) is 6.82. The van der Waals surface area contributed by atoms with Gasteiger partial charge in [-0.2, -0.15) is 5.10 Å². The van der Waals surface area contributed by atoms with Crippen molar-refractivity contribution >= 4 is 5.69 Å². The molecule has 0 amide bonds. The minimum absolute atomic E-state index is 0.421. The molecule has 21 heavy (non-hydrogen) atoms. The molecule has 0 aliphatic carbocycles. The molecule has 1 saturated heterocycles. The van der Waals surface area contributed by atoms with Crippen LogP contribution in [0.3, 0.4) is 0 Å². The van der Waals surface area contributed by atoms with E-state index in [1.165, 1.54) is 12.1 Å². The number of rotatable bonds is 5. The molecular formula is C17H32N4. The molecule has 1 aliphatic heterocycles. The topological polar surface area (TPSA) is 33.1 Å². The number of hydrogen-bond acceptors (Lipinski definition) is 3. The third-order valence-corrected chi connectivity index (χ3v) is 4.93. The standard InChI is InChI=1S/C17H32N4/c1-7-14(6)16-11-20(17(9-18-16)12(2)3)15-8-19-21(10-15)13(4)5/h8,10,12-14,16-18H,7,9,11H2,1-6H3. The van der Waals surface area contributed by atoms with Crippen LogP contribution >= 0.6 is 0 Å². The zero-order valence-electron chi connectivity index (χ0n) is 14.5. The van der Waals surface area contributed by atoms with Gasteiger partial charge in [0.25, 0.3) is 0 Å². The Hall–Kier alpha value is -1.03. The van der Waals surface area contributed by atoms with E-state index in [0.717, 1.165) is 13.1 Å². The Balaban J connectivity index is 2.20. The Morgan fingerprint density at radius 3 is 2.52 bits per heavy atom. The molecule has 4 heteroatoms. The first-order valence-corrected chi connectivity index (χ1v) is 8.48. The van der Waals surface area contributed by atoms with Crippen LogP contribution in [0.5, 0.6) is 0 Å². The van der Waals surface area contributed by atoms with Crippen molar-refractivity contribution in [3.63, 3.8) is 0 Å². The first-order valence-electron chi connectivity index (χ1n) is 8.48. The largest absolute Gasteiger partial charge is 0.363 e. The molecule has 2 heterocycles. The number of nitrogens with zero attached hydrogens (tertiary/aromatic N) is 3. The summed E-state index contributed by atoms with van der Waals surface area (Å²) in [6.07, 6.45) is 5.47. The minimum atomic E-state index is 0.421. The Morgan fingerprint density at radius 2 is 2.00 bits per heavy atom. The summed E-state index contributed by atoms with van der Waals surface area (Å²) in [7, 11) is 0. The van der Waals surface area contributed by atoms with Crippen LogP contribution < -0.4 is 10.2 Å². The lowest BCUT2D eigenvalue weighted by atomic mass is 9.92. The number of piperazine rings is 1. The highest BCUT2D eigenvalue weighted by Gasteiger charge is 2.32. The molecule has 0 aromatic carbocycles. The number of nitrogens with one attached hydrogen (secondary N) is 1. The highest BCUT2D eigenvalue weighted by Crippen LogP contribution is 2.26. The summed E-state index contributed by atoms with van der Waals surface area (Å²) < 4.78 is 2.06. The number of anilines is 1. The van der Waals surface area contributed by atoms with Crippen molar-refractivity contribution in [3.8, 4) is 0 Å². The van der Waals surface area contributed by atoms with E-state index in [2.05, 4.69) is 67.7 Å². The van der Waals surface area contributed by atoms with Crippen molar-refractivity contribution in [2.75, 3.05) is 18.0 Å². The number of aromatic nitrogens is 2. The van der Waals surface area contributed by atoms with E-state index >= 15 is 0 Å². The molecule has 1 aliphatic rings. The van der Waals surface area contributed by atoms with Crippen molar-refractivity contribution in [1.82, 2.24) is 15.1 Å². The fourth-order valence-corrected chi connectivity index (χ4v) is 3.11. The maximum absolute atomic E-state index is 4.53. The molecule has 0 spiro atoms. The van der Waals surface area contributed by atoms with Crippen LogP contribution in [-0.4, -0.2) is 35.0 Å². The smallest absolute Gasteiger partial charge is 0.0756 e. The molecule has 3 atom stereocenters. The van der Waals surface area contributed by atoms with Crippen LogP contribution in [0, 0.1) is 11.8 Å². The normalized spacial score (nSPS) is 24.9. The summed E-state index contributed by atoms with van der Waals surface area (Å²) in [6.45, 7) is 15.8. The van der Waals surface area contributed by atoms with Gasteiger partial charge in [-0.15, -0.1) is 0 Å². The van der Waals surface area contributed by atoms with E-state index in [4.69, 9.17) is 0 Å². The molecule has 0 bridgehead atoms. The van der Waals surface area contributed by atoms with Gasteiger partial charge < -0.3 is 10.2 Å². The monoisotopic (exact) mass is 292 g/mol. The van der Waals surface area contributed by atoms with Gasteiger partial charge >= 0.3 is 0 Å². The van der Waals surface area contributed by atoms with Gasteiger partial charge in [-0.1, -0.05) is 34.1 Å². The van der Waals surface area contributed by atoms with E-state index < -0.39 is 0 Å². The summed E-state index contributed by atoms with van der Waals surface area (Å²) in [5.74, 6) is 1.35. The van der Waals surface area contributed by atoms with Crippen molar-refractivity contribution < 1.29 is 0 Å².